The van der Waals surface area contributed by atoms with E-state index in [9.17, 15) is 4.79 Å². The molecule has 0 fully saturated rings. The molecule has 0 aromatic rings. The van der Waals surface area contributed by atoms with E-state index in [0.29, 0.717) is 6.54 Å². The molecule has 0 unspecified atom stereocenters. The van der Waals surface area contributed by atoms with E-state index in [2.05, 4.69) is 39.9 Å². The molecule has 3 heteroatoms. The Morgan fingerprint density at radius 3 is 1.89 bits per heavy atom. The van der Waals surface area contributed by atoms with Crippen LogP contribution in [-0.4, -0.2) is 23.7 Å². The third-order valence-electron chi connectivity index (χ3n) is 2.50. The summed E-state index contributed by atoms with van der Waals surface area (Å²) in [5.74, 6) is 0.108. The van der Waals surface area contributed by atoms with Crippen molar-refractivity contribution in [2.24, 2.45) is 5.41 Å². The van der Waals surface area contributed by atoms with Crippen molar-refractivity contribution in [3.8, 4) is 0 Å². The van der Waals surface area contributed by atoms with E-state index in [1.54, 1.807) is 0 Å². The predicted octanol–water partition coefficient (Wildman–Crippen LogP) is 3.52. The van der Waals surface area contributed by atoms with Gasteiger partial charge in [-0.15, -0.1) is 0 Å². The summed E-state index contributed by atoms with van der Waals surface area (Å²) in [6.07, 6.45) is 1.87. The Hall–Kier alpha value is -0.570. The van der Waals surface area contributed by atoms with E-state index in [4.69, 9.17) is 4.74 Å². The van der Waals surface area contributed by atoms with Crippen LogP contribution in [-0.2, 0) is 9.53 Å². The summed E-state index contributed by atoms with van der Waals surface area (Å²) in [5, 5.41) is 2.96. The van der Waals surface area contributed by atoms with Crippen LogP contribution in [0.1, 0.15) is 68.2 Å². The number of amides is 1. The van der Waals surface area contributed by atoms with E-state index in [-0.39, 0.29) is 22.5 Å². The Bertz CT molecular complexity index is 269. The lowest BCUT2D eigenvalue weighted by atomic mass is 9.95. The molecular formula is C15H31NO2. The number of hydrogen-bond acceptors (Lipinski definition) is 2. The molecule has 0 aromatic carbocycles. The number of nitrogens with one attached hydrogen (secondary N) is 1. The van der Waals surface area contributed by atoms with Gasteiger partial charge in [-0.25, -0.2) is 0 Å². The van der Waals surface area contributed by atoms with Gasteiger partial charge in [-0.05, 0) is 47.5 Å². The number of carbonyl (C=O) groups excluding carboxylic acids is 1. The monoisotopic (exact) mass is 257 g/mol. The number of rotatable bonds is 5. The quantitative estimate of drug-likeness (QED) is 0.765. The van der Waals surface area contributed by atoms with Crippen LogP contribution in [0.2, 0.25) is 0 Å². The largest absolute Gasteiger partial charge is 0.370 e. The summed E-state index contributed by atoms with van der Waals surface area (Å²) in [6.45, 7) is 16.9. The zero-order valence-corrected chi connectivity index (χ0v) is 13.4. The Balaban J connectivity index is 3.95. The molecule has 3 nitrogen and oxygen atoms in total. The van der Waals surface area contributed by atoms with Gasteiger partial charge in [0, 0.05) is 12.0 Å². The van der Waals surface area contributed by atoms with Crippen molar-refractivity contribution < 1.29 is 9.53 Å². The number of ether oxygens (including phenoxy) is 1. The van der Waals surface area contributed by atoms with Crippen molar-refractivity contribution >= 4 is 5.91 Å². The molecule has 0 rings (SSSR count). The Morgan fingerprint density at radius 2 is 1.50 bits per heavy atom. The lowest BCUT2D eigenvalue weighted by Crippen LogP contribution is -2.37. The normalized spacial score (nSPS) is 13.6. The zero-order chi connectivity index (χ0) is 14.6. The van der Waals surface area contributed by atoms with E-state index in [1.807, 2.05) is 20.8 Å². The Labute approximate surface area is 113 Å². The average Bonchev–Trinajstić information content (AvgIpc) is 2.06. The summed E-state index contributed by atoms with van der Waals surface area (Å²) in [6, 6.07) is 0. The molecule has 0 heterocycles. The fraction of sp³-hybridized carbons (Fsp3) is 0.933. The third kappa shape index (κ3) is 8.51. The number of hydrogen-bond donors (Lipinski definition) is 1. The molecule has 0 aliphatic rings. The lowest BCUT2D eigenvalue weighted by molar-refractivity contribution is -0.129. The molecule has 0 aliphatic heterocycles. The minimum atomic E-state index is -0.308. The second kappa shape index (κ2) is 6.05. The standard InChI is InChI=1S/C15H31NO2/c1-13(2,3)12(17)16-11-9-10-15(7,8)18-14(4,5)6/h9-11H2,1-8H3,(H,16,17). The molecule has 0 radical (unpaired) electrons. The summed E-state index contributed by atoms with van der Waals surface area (Å²) >= 11 is 0. The smallest absolute Gasteiger partial charge is 0.225 e. The van der Waals surface area contributed by atoms with Crippen molar-refractivity contribution in [2.75, 3.05) is 6.54 Å². The van der Waals surface area contributed by atoms with Crippen molar-refractivity contribution in [3.05, 3.63) is 0 Å². The van der Waals surface area contributed by atoms with Crippen LogP contribution in [0.4, 0.5) is 0 Å². The Kier molecular flexibility index (Phi) is 5.86. The number of carbonyl (C=O) groups is 1. The van der Waals surface area contributed by atoms with Crippen LogP contribution in [0.3, 0.4) is 0 Å². The molecule has 0 bridgehead atoms. The maximum atomic E-state index is 11.7. The van der Waals surface area contributed by atoms with Crippen LogP contribution in [0, 0.1) is 5.41 Å². The van der Waals surface area contributed by atoms with E-state index < -0.39 is 0 Å². The van der Waals surface area contributed by atoms with Crippen LogP contribution in [0.25, 0.3) is 0 Å². The molecular weight excluding hydrogens is 226 g/mol. The predicted molar refractivity (Wildman–Crippen MR) is 76.6 cm³/mol. The molecule has 0 saturated carbocycles. The van der Waals surface area contributed by atoms with Crippen LogP contribution in [0.15, 0.2) is 0 Å². The first-order valence-electron chi connectivity index (χ1n) is 6.82. The molecule has 0 spiro atoms. The maximum absolute atomic E-state index is 11.7. The summed E-state index contributed by atoms with van der Waals surface area (Å²) in [5.41, 5.74) is -0.583. The first kappa shape index (κ1) is 17.4. The van der Waals surface area contributed by atoms with Gasteiger partial charge in [0.25, 0.3) is 0 Å². The van der Waals surface area contributed by atoms with Gasteiger partial charge in [0.05, 0.1) is 11.2 Å². The molecule has 0 aliphatic carbocycles. The minimum absolute atomic E-state index is 0.108. The van der Waals surface area contributed by atoms with Crippen molar-refractivity contribution in [1.29, 1.82) is 0 Å². The van der Waals surface area contributed by atoms with Gasteiger partial charge >= 0.3 is 0 Å². The van der Waals surface area contributed by atoms with Crippen molar-refractivity contribution in [2.45, 2.75) is 79.4 Å². The van der Waals surface area contributed by atoms with Crippen molar-refractivity contribution in [3.63, 3.8) is 0 Å². The molecule has 1 amide bonds. The van der Waals surface area contributed by atoms with Crippen LogP contribution < -0.4 is 5.32 Å². The highest BCUT2D eigenvalue weighted by atomic mass is 16.5. The van der Waals surface area contributed by atoms with Gasteiger partial charge in [-0.2, -0.15) is 0 Å². The molecule has 108 valence electrons. The molecule has 0 atom stereocenters. The van der Waals surface area contributed by atoms with Gasteiger partial charge in [0.15, 0.2) is 0 Å². The first-order chi connectivity index (χ1) is 7.83. The van der Waals surface area contributed by atoms with Gasteiger partial charge in [-0.3, -0.25) is 4.79 Å². The zero-order valence-electron chi connectivity index (χ0n) is 13.4. The second-order valence-corrected chi connectivity index (χ2v) is 7.58. The highest BCUT2D eigenvalue weighted by Gasteiger charge is 2.25. The maximum Gasteiger partial charge on any atom is 0.225 e. The lowest BCUT2D eigenvalue weighted by Gasteiger charge is -2.34. The fourth-order valence-electron chi connectivity index (χ4n) is 1.86. The van der Waals surface area contributed by atoms with Crippen LogP contribution in [0.5, 0.6) is 0 Å². The topological polar surface area (TPSA) is 38.3 Å². The van der Waals surface area contributed by atoms with E-state index >= 15 is 0 Å². The summed E-state index contributed by atoms with van der Waals surface area (Å²) in [4.78, 5) is 11.7. The summed E-state index contributed by atoms with van der Waals surface area (Å²) < 4.78 is 5.99. The van der Waals surface area contributed by atoms with E-state index in [0.717, 1.165) is 12.8 Å². The SMILES string of the molecule is CC(C)(C)OC(C)(C)CCCNC(=O)C(C)(C)C. The molecule has 0 aromatic heterocycles. The van der Waals surface area contributed by atoms with Gasteiger partial charge in [-0.1, -0.05) is 20.8 Å². The second-order valence-electron chi connectivity index (χ2n) is 7.58. The van der Waals surface area contributed by atoms with E-state index in [1.165, 1.54) is 0 Å². The highest BCUT2D eigenvalue weighted by Crippen LogP contribution is 2.23. The Morgan fingerprint density at radius 1 is 1.00 bits per heavy atom. The van der Waals surface area contributed by atoms with Gasteiger partial charge in [0.1, 0.15) is 0 Å². The van der Waals surface area contributed by atoms with Gasteiger partial charge < -0.3 is 10.1 Å². The minimum Gasteiger partial charge on any atom is -0.370 e. The molecule has 0 saturated heterocycles. The fourth-order valence-corrected chi connectivity index (χ4v) is 1.86. The van der Waals surface area contributed by atoms with Gasteiger partial charge in [0.2, 0.25) is 5.91 Å². The highest BCUT2D eigenvalue weighted by molar-refractivity contribution is 5.81. The van der Waals surface area contributed by atoms with Crippen LogP contribution >= 0.6 is 0 Å². The third-order valence-corrected chi connectivity index (χ3v) is 2.50. The first-order valence-corrected chi connectivity index (χ1v) is 6.82. The summed E-state index contributed by atoms with van der Waals surface area (Å²) in [7, 11) is 0. The van der Waals surface area contributed by atoms with Crippen molar-refractivity contribution in [1.82, 2.24) is 5.32 Å². The average molecular weight is 257 g/mol. The molecule has 18 heavy (non-hydrogen) atoms. The molecule has 1 N–H and O–H groups in total.